The Morgan fingerprint density at radius 2 is 1.89 bits per heavy atom. The highest BCUT2D eigenvalue weighted by Crippen LogP contribution is 2.17. The summed E-state index contributed by atoms with van der Waals surface area (Å²) in [6, 6.07) is 13.0. The predicted octanol–water partition coefficient (Wildman–Crippen LogP) is 4.13. The molecule has 0 N–H and O–H groups in total. The third-order valence-corrected chi connectivity index (χ3v) is 3.77. The van der Waals surface area contributed by atoms with Crippen LogP contribution in [0.3, 0.4) is 0 Å². The monoisotopic (exact) mass is 352 g/mol. The molecule has 0 unspecified atom stereocenters. The summed E-state index contributed by atoms with van der Waals surface area (Å²) < 4.78 is 6.40. The summed E-state index contributed by atoms with van der Waals surface area (Å²) in [6.45, 7) is 3.98. The van der Waals surface area contributed by atoms with Crippen LogP contribution < -0.4 is 4.74 Å². The van der Waals surface area contributed by atoms with Gasteiger partial charge < -0.3 is 4.74 Å². The molecule has 0 bridgehead atoms. The number of esters is 1. The maximum Gasteiger partial charge on any atom is 0.343 e. The van der Waals surface area contributed by atoms with Gasteiger partial charge in [-0.2, -0.15) is 0 Å². The van der Waals surface area contributed by atoms with E-state index in [4.69, 9.17) is 4.74 Å². The van der Waals surface area contributed by atoms with Crippen LogP contribution in [0.4, 0.5) is 0 Å². The number of carbonyl (C=O) groups is 1. The van der Waals surface area contributed by atoms with E-state index in [1.807, 2.05) is 44.2 Å². The van der Waals surface area contributed by atoms with E-state index in [2.05, 4.69) is 22.6 Å². The molecule has 0 heterocycles. The van der Waals surface area contributed by atoms with E-state index in [1.165, 1.54) is 0 Å². The van der Waals surface area contributed by atoms with Crippen molar-refractivity contribution in [3.63, 3.8) is 0 Å². The van der Waals surface area contributed by atoms with Gasteiger partial charge in [0.15, 0.2) is 0 Å². The first-order chi connectivity index (χ1) is 8.56. The maximum absolute atomic E-state index is 12.0. The van der Waals surface area contributed by atoms with Crippen molar-refractivity contribution in [1.29, 1.82) is 0 Å². The van der Waals surface area contributed by atoms with Crippen molar-refractivity contribution in [2.45, 2.75) is 13.8 Å². The van der Waals surface area contributed by atoms with Crippen molar-refractivity contribution in [2.75, 3.05) is 0 Å². The number of ether oxygens (including phenoxy) is 1. The normalized spacial score (nSPS) is 10.2. The Labute approximate surface area is 120 Å². The van der Waals surface area contributed by atoms with Crippen molar-refractivity contribution in [3.05, 3.63) is 62.7 Å². The number of aryl methyl sites for hydroxylation is 2. The van der Waals surface area contributed by atoms with Crippen LogP contribution in [0.15, 0.2) is 42.5 Å². The Balaban J connectivity index is 2.19. The Hall–Kier alpha value is -1.36. The Morgan fingerprint density at radius 1 is 1.11 bits per heavy atom. The summed E-state index contributed by atoms with van der Waals surface area (Å²) >= 11 is 2.21. The van der Waals surface area contributed by atoms with Crippen LogP contribution in [-0.4, -0.2) is 5.97 Å². The van der Waals surface area contributed by atoms with Crippen LogP contribution >= 0.6 is 22.6 Å². The van der Waals surface area contributed by atoms with E-state index in [9.17, 15) is 4.79 Å². The van der Waals surface area contributed by atoms with E-state index in [1.54, 1.807) is 12.1 Å². The van der Waals surface area contributed by atoms with Crippen molar-refractivity contribution in [2.24, 2.45) is 0 Å². The fourth-order valence-corrected chi connectivity index (χ4v) is 2.08. The molecular weight excluding hydrogens is 339 g/mol. The highest BCUT2D eigenvalue weighted by Gasteiger charge is 2.09. The molecule has 0 radical (unpaired) electrons. The number of hydrogen-bond acceptors (Lipinski definition) is 2. The van der Waals surface area contributed by atoms with E-state index in [0.717, 1.165) is 14.7 Å². The van der Waals surface area contributed by atoms with Crippen molar-refractivity contribution in [3.8, 4) is 5.75 Å². The molecule has 18 heavy (non-hydrogen) atoms. The first-order valence-corrected chi connectivity index (χ1v) is 6.69. The molecule has 0 atom stereocenters. The predicted molar refractivity (Wildman–Crippen MR) is 80.0 cm³/mol. The summed E-state index contributed by atoms with van der Waals surface area (Å²) in [6.07, 6.45) is 0. The average molecular weight is 352 g/mol. The first-order valence-electron chi connectivity index (χ1n) is 5.61. The van der Waals surface area contributed by atoms with Crippen LogP contribution in [-0.2, 0) is 0 Å². The summed E-state index contributed by atoms with van der Waals surface area (Å²) in [7, 11) is 0. The van der Waals surface area contributed by atoms with Crippen LogP contribution in [0.25, 0.3) is 0 Å². The summed E-state index contributed by atoms with van der Waals surface area (Å²) in [5.41, 5.74) is 2.80. The third-order valence-electron chi connectivity index (χ3n) is 2.61. The van der Waals surface area contributed by atoms with Crippen molar-refractivity contribution < 1.29 is 9.53 Å². The highest BCUT2D eigenvalue weighted by molar-refractivity contribution is 14.1. The van der Waals surface area contributed by atoms with E-state index in [0.29, 0.717) is 11.3 Å². The van der Waals surface area contributed by atoms with Crippen molar-refractivity contribution in [1.82, 2.24) is 0 Å². The Kier molecular flexibility index (Phi) is 4.01. The lowest BCUT2D eigenvalue weighted by Gasteiger charge is -2.06. The van der Waals surface area contributed by atoms with E-state index >= 15 is 0 Å². The summed E-state index contributed by atoms with van der Waals surface area (Å²) in [5, 5.41) is 0. The second-order valence-corrected chi connectivity index (χ2v) is 5.33. The number of hydrogen-bond donors (Lipinski definition) is 0. The van der Waals surface area contributed by atoms with Gasteiger partial charge in [0.05, 0.1) is 5.56 Å². The lowest BCUT2D eigenvalue weighted by atomic mass is 10.1. The van der Waals surface area contributed by atoms with Gasteiger partial charge >= 0.3 is 5.97 Å². The number of halogens is 1. The average Bonchev–Trinajstić information content (AvgIpc) is 2.32. The fraction of sp³-hybridized carbons (Fsp3) is 0.133. The van der Waals surface area contributed by atoms with Gasteiger partial charge in [-0.3, -0.25) is 0 Å². The van der Waals surface area contributed by atoms with Gasteiger partial charge in [0.25, 0.3) is 0 Å². The van der Waals surface area contributed by atoms with Gasteiger partial charge in [0.1, 0.15) is 5.75 Å². The minimum absolute atomic E-state index is 0.321. The lowest BCUT2D eigenvalue weighted by molar-refractivity contribution is 0.0734. The van der Waals surface area contributed by atoms with Crippen molar-refractivity contribution >= 4 is 28.6 Å². The van der Waals surface area contributed by atoms with Gasteiger partial charge in [-0.05, 0) is 71.8 Å². The zero-order chi connectivity index (χ0) is 13.1. The van der Waals surface area contributed by atoms with Gasteiger partial charge in [0.2, 0.25) is 0 Å². The second-order valence-electron chi connectivity index (χ2n) is 4.17. The quantitative estimate of drug-likeness (QED) is 0.462. The molecule has 0 spiro atoms. The molecule has 0 saturated carbocycles. The van der Waals surface area contributed by atoms with Crippen LogP contribution in [0.2, 0.25) is 0 Å². The molecule has 0 amide bonds. The Bertz CT molecular complexity index is 591. The topological polar surface area (TPSA) is 26.3 Å². The number of rotatable bonds is 2. The fourth-order valence-electron chi connectivity index (χ4n) is 1.56. The molecular formula is C15H13IO2. The van der Waals surface area contributed by atoms with Crippen LogP contribution in [0, 0.1) is 17.4 Å². The second kappa shape index (κ2) is 5.52. The zero-order valence-electron chi connectivity index (χ0n) is 10.2. The van der Waals surface area contributed by atoms with Gasteiger partial charge in [-0.25, -0.2) is 4.79 Å². The van der Waals surface area contributed by atoms with E-state index < -0.39 is 0 Å². The minimum Gasteiger partial charge on any atom is -0.423 e. The van der Waals surface area contributed by atoms with Gasteiger partial charge in [0, 0.05) is 3.57 Å². The molecule has 0 fully saturated rings. The molecule has 2 aromatic rings. The molecule has 2 nitrogen and oxygen atoms in total. The molecule has 2 aromatic carbocycles. The molecule has 92 valence electrons. The van der Waals surface area contributed by atoms with Crippen LogP contribution in [0.1, 0.15) is 21.5 Å². The zero-order valence-corrected chi connectivity index (χ0v) is 12.4. The lowest BCUT2D eigenvalue weighted by Crippen LogP contribution is -2.09. The molecule has 0 saturated heterocycles. The third kappa shape index (κ3) is 3.10. The standard InChI is InChI=1S/C15H13IO2/c1-10-4-3-5-13(8-10)18-15(17)12-7-6-11(2)14(16)9-12/h3-9H,1-2H3. The summed E-state index contributed by atoms with van der Waals surface area (Å²) in [5.74, 6) is 0.258. The Morgan fingerprint density at radius 3 is 2.56 bits per heavy atom. The van der Waals surface area contributed by atoms with Gasteiger partial charge in [-0.15, -0.1) is 0 Å². The molecule has 2 rings (SSSR count). The molecule has 0 aliphatic heterocycles. The maximum atomic E-state index is 12.0. The summed E-state index contributed by atoms with van der Waals surface area (Å²) in [4.78, 5) is 12.0. The number of benzene rings is 2. The molecule has 3 heteroatoms. The minimum atomic E-state index is -0.321. The highest BCUT2D eigenvalue weighted by atomic mass is 127. The molecule has 0 aliphatic carbocycles. The first kappa shape index (κ1) is 13.1. The number of carbonyl (C=O) groups excluding carboxylic acids is 1. The SMILES string of the molecule is Cc1cccc(OC(=O)c2ccc(C)c(I)c2)c1. The van der Waals surface area contributed by atoms with Gasteiger partial charge in [-0.1, -0.05) is 18.2 Å². The smallest absolute Gasteiger partial charge is 0.343 e. The molecule has 0 aliphatic rings. The molecule has 0 aromatic heterocycles. The largest absolute Gasteiger partial charge is 0.423 e. The van der Waals surface area contributed by atoms with E-state index in [-0.39, 0.29) is 5.97 Å². The van der Waals surface area contributed by atoms with Crippen LogP contribution in [0.5, 0.6) is 5.75 Å².